The Morgan fingerprint density at radius 1 is 1.16 bits per heavy atom. The Balaban J connectivity index is 3.12. The molecule has 2 nitrogen and oxygen atoms in total. The SMILES string of the molecule is CCC/C(=C\C=[N+](CC)CC)c1ccccc1OC. The highest BCUT2D eigenvalue weighted by Crippen LogP contribution is 2.28. The van der Waals surface area contributed by atoms with E-state index in [9.17, 15) is 0 Å². The van der Waals surface area contributed by atoms with Crippen molar-refractivity contribution < 1.29 is 9.31 Å². The van der Waals surface area contributed by atoms with Gasteiger partial charge in [0.05, 0.1) is 7.11 Å². The van der Waals surface area contributed by atoms with E-state index in [1.165, 1.54) is 11.1 Å². The monoisotopic (exact) mass is 260 g/mol. The average molecular weight is 260 g/mol. The first-order chi connectivity index (χ1) is 9.26. The van der Waals surface area contributed by atoms with Gasteiger partial charge in [0.15, 0.2) is 6.21 Å². The summed E-state index contributed by atoms with van der Waals surface area (Å²) in [6.45, 7) is 8.64. The second-order valence-electron chi connectivity index (χ2n) is 4.51. The average Bonchev–Trinajstić information content (AvgIpc) is 2.47. The Morgan fingerprint density at radius 3 is 2.42 bits per heavy atom. The molecule has 0 aliphatic heterocycles. The van der Waals surface area contributed by atoms with Crippen LogP contribution in [0.25, 0.3) is 5.57 Å². The summed E-state index contributed by atoms with van der Waals surface area (Å²) in [5.41, 5.74) is 2.54. The van der Waals surface area contributed by atoms with E-state index < -0.39 is 0 Å². The van der Waals surface area contributed by atoms with Gasteiger partial charge in [-0.3, -0.25) is 0 Å². The van der Waals surface area contributed by atoms with Gasteiger partial charge in [-0.25, -0.2) is 4.58 Å². The zero-order valence-corrected chi connectivity index (χ0v) is 12.6. The molecule has 0 unspecified atom stereocenters. The number of ether oxygens (including phenoxy) is 1. The van der Waals surface area contributed by atoms with E-state index in [2.05, 4.69) is 49.8 Å². The van der Waals surface area contributed by atoms with Crippen LogP contribution in [0.15, 0.2) is 30.3 Å². The molecular weight excluding hydrogens is 234 g/mol. The highest BCUT2D eigenvalue weighted by molar-refractivity contribution is 5.83. The highest BCUT2D eigenvalue weighted by atomic mass is 16.5. The second-order valence-corrected chi connectivity index (χ2v) is 4.51. The topological polar surface area (TPSA) is 12.2 Å². The summed E-state index contributed by atoms with van der Waals surface area (Å²) in [6, 6.07) is 8.24. The third-order valence-electron chi connectivity index (χ3n) is 3.27. The van der Waals surface area contributed by atoms with Crippen molar-refractivity contribution in [3.8, 4) is 5.75 Å². The van der Waals surface area contributed by atoms with E-state index in [1.54, 1.807) is 7.11 Å². The zero-order chi connectivity index (χ0) is 14.1. The van der Waals surface area contributed by atoms with Crippen LogP contribution in [-0.2, 0) is 0 Å². The van der Waals surface area contributed by atoms with E-state index in [0.717, 1.165) is 31.7 Å². The summed E-state index contributed by atoms with van der Waals surface area (Å²) >= 11 is 0. The Hall–Kier alpha value is -1.57. The quantitative estimate of drug-likeness (QED) is 0.533. The van der Waals surface area contributed by atoms with E-state index in [4.69, 9.17) is 4.74 Å². The van der Waals surface area contributed by atoms with Crippen LogP contribution < -0.4 is 4.74 Å². The van der Waals surface area contributed by atoms with Gasteiger partial charge in [-0.05, 0) is 31.9 Å². The summed E-state index contributed by atoms with van der Waals surface area (Å²) in [6.07, 6.45) is 6.62. The molecule has 0 aliphatic rings. The van der Waals surface area contributed by atoms with Crippen LogP contribution in [0.2, 0.25) is 0 Å². The van der Waals surface area contributed by atoms with Crippen LogP contribution >= 0.6 is 0 Å². The predicted molar refractivity (Wildman–Crippen MR) is 83.3 cm³/mol. The normalized spacial score (nSPS) is 11.3. The van der Waals surface area contributed by atoms with Gasteiger partial charge in [0, 0.05) is 11.6 Å². The first-order valence-corrected chi connectivity index (χ1v) is 7.18. The smallest absolute Gasteiger partial charge is 0.163 e. The Bertz CT molecular complexity index is 440. The number of hydrogen-bond acceptors (Lipinski definition) is 1. The fraction of sp³-hybridized carbons (Fsp3) is 0.471. The molecule has 0 N–H and O–H groups in total. The number of hydrogen-bond donors (Lipinski definition) is 0. The lowest BCUT2D eigenvalue weighted by atomic mass is 10.0. The van der Waals surface area contributed by atoms with Gasteiger partial charge in [0.1, 0.15) is 18.8 Å². The molecule has 0 aliphatic carbocycles. The van der Waals surface area contributed by atoms with Gasteiger partial charge in [-0.1, -0.05) is 31.5 Å². The van der Waals surface area contributed by atoms with Crippen molar-refractivity contribution in [3.63, 3.8) is 0 Å². The molecule has 2 heteroatoms. The van der Waals surface area contributed by atoms with Crippen LogP contribution in [0.5, 0.6) is 5.75 Å². The molecule has 104 valence electrons. The Morgan fingerprint density at radius 2 is 1.84 bits per heavy atom. The fourth-order valence-electron chi connectivity index (χ4n) is 2.12. The van der Waals surface area contributed by atoms with Crippen molar-refractivity contribution in [2.45, 2.75) is 33.6 Å². The third-order valence-corrected chi connectivity index (χ3v) is 3.27. The van der Waals surface area contributed by atoms with Crippen LogP contribution in [0.4, 0.5) is 0 Å². The van der Waals surface area contributed by atoms with Gasteiger partial charge < -0.3 is 4.74 Å². The van der Waals surface area contributed by atoms with Crippen molar-refractivity contribution in [3.05, 3.63) is 35.9 Å². The molecule has 0 fully saturated rings. The molecule has 1 aromatic carbocycles. The van der Waals surface area contributed by atoms with Crippen LogP contribution in [0, 0.1) is 0 Å². The van der Waals surface area contributed by atoms with Crippen LogP contribution in [0.1, 0.15) is 39.2 Å². The molecule has 0 radical (unpaired) electrons. The van der Waals surface area contributed by atoms with E-state index in [-0.39, 0.29) is 0 Å². The molecule has 1 rings (SSSR count). The summed E-state index contributed by atoms with van der Waals surface area (Å²) in [4.78, 5) is 0. The molecule has 1 aromatic rings. The minimum Gasteiger partial charge on any atom is -0.496 e. The van der Waals surface area contributed by atoms with Crippen molar-refractivity contribution in [1.82, 2.24) is 0 Å². The molecule has 0 heterocycles. The molecule has 0 spiro atoms. The van der Waals surface area contributed by atoms with Crippen molar-refractivity contribution in [2.75, 3.05) is 20.2 Å². The number of para-hydroxylation sites is 1. The summed E-state index contributed by atoms with van der Waals surface area (Å²) in [7, 11) is 1.73. The maximum Gasteiger partial charge on any atom is 0.163 e. The van der Waals surface area contributed by atoms with Crippen molar-refractivity contribution >= 4 is 11.8 Å². The lowest BCUT2D eigenvalue weighted by Crippen LogP contribution is -2.10. The van der Waals surface area contributed by atoms with Gasteiger partial charge in [-0.2, -0.15) is 0 Å². The molecule has 0 amide bonds. The second kappa shape index (κ2) is 8.52. The number of methoxy groups -OCH3 is 1. The van der Waals surface area contributed by atoms with Gasteiger partial charge in [0.2, 0.25) is 0 Å². The molecule has 0 saturated carbocycles. The third kappa shape index (κ3) is 4.55. The minimum absolute atomic E-state index is 0.954. The Labute approximate surface area is 117 Å². The maximum atomic E-state index is 5.46. The molecule has 0 saturated heterocycles. The van der Waals surface area contributed by atoms with E-state index in [1.807, 2.05) is 12.1 Å². The number of nitrogens with zero attached hydrogens (tertiary/aromatic N) is 1. The highest BCUT2D eigenvalue weighted by Gasteiger charge is 2.07. The molecule has 0 bridgehead atoms. The minimum atomic E-state index is 0.954. The molecule has 0 atom stereocenters. The summed E-state index contributed by atoms with van der Waals surface area (Å²) in [5.74, 6) is 0.954. The lowest BCUT2D eigenvalue weighted by Gasteiger charge is -2.10. The maximum absolute atomic E-state index is 5.46. The van der Waals surface area contributed by atoms with Crippen LogP contribution in [-0.4, -0.2) is 31.0 Å². The van der Waals surface area contributed by atoms with Gasteiger partial charge in [0.25, 0.3) is 0 Å². The number of allylic oxidation sites excluding steroid dienone is 2. The fourth-order valence-corrected chi connectivity index (χ4v) is 2.12. The van der Waals surface area contributed by atoms with Crippen LogP contribution in [0.3, 0.4) is 0 Å². The summed E-state index contributed by atoms with van der Waals surface area (Å²) < 4.78 is 7.76. The molecule has 0 aromatic heterocycles. The predicted octanol–water partition coefficient (Wildman–Crippen LogP) is 4.00. The van der Waals surface area contributed by atoms with Gasteiger partial charge >= 0.3 is 0 Å². The summed E-state index contributed by atoms with van der Waals surface area (Å²) in [5, 5.41) is 0. The number of benzene rings is 1. The first-order valence-electron chi connectivity index (χ1n) is 7.18. The lowest BCUT2D eigenvalue weighted by molar-refractivity contribution is -0.515. The molecular formula is C17H26NO+. The van der Waals surface area contributed by atoms with Gasteiger partial charge in [-0.15, -0.1) is 0 Å². The molecule has 19 heavy (non-hydrogen) atoms. The largest absolute Gasteiger partial charge is 0.496 e. The van der Waals surface area contributed by atoms with E-state index >= 15 is 0 Å². The Kier molecular flexibility index (Phi) is 6.94. The van der Waals surface area contributed by atoms with Crippen molar-refractivity contribution in [1.29, 1.82) is 0 Å². The number of rotatable bonds is 7. The zero-order valence-electron chi connectivity index (χ0n) is 12.6. The standard InChI is InChI=1S/C17H26NO/c1-5-10-15(13-14-18(6-2)7-3)16-11-8-9-12-17(16)19-4/h8-9,11-14H,5-7,10H2,1-4H3/q+1/b15-13+. The van der Waals surface area contributed by atoms with Crippen molar-refractivity contribution in [2.24, 2.45) is 0 Å². The first kappa shape index (κ1) is 15.5. The van der Waals surface area contributed by atoms with E-state index in [0.29, 0.717) is 0 Å².